The Morgan fingerprint density at radius 2 is 2.05 bits per heavy atom. The van der Waals surface area contributed by atoms with Crippen LogP contribution in [-0.4, -0.2) is 27.1 Å². The standard InChI is InChI=1S/C16H20N4O/c1-3-13-14(17)15(19(2)18-13)16(21)20-9-8-11-6-4-5-7-12(11)10-20/h4-7H,3,8-10,17H2,1-2H3. The lowest BCUT2D eigenvalue weighted by atomic mass is 9.99. The van der Waals surface area contributed by atoms with E-state index in [4.69, 9.17) is 5.73 Å². The minimum Gasteiger partial charge on any atom is -0.395 e. The van der Waals surface area contributed by atoms with Gasteiger partial charge in [0.05, 0.1) is 11.4 Å². The molecule has 110 valence electrons. The highest BCUT2D eigenvalue weighted by Crippen LogP contribution is 2.23. The molecule has 2 heterocycles. The fraction of sp³-hybridized carbons (Fsp3) is 0.375. The molecular formula is C16H20N4O. The Balaban J connectivity index is 1.89. The highest BCUT2D eigenvalue weighted by molar-refractivity contribution is 5.98. The summed E-state index contributed by atoms with van der Waals surface area (Å²) in [6.07, 6.45) is 1.62. The Hall–Kier alpha value is -2.30. The molecule has 0 fully saturated rings. The van der Waals surface area contributed by atoms with Crippen LogP contribution in [0.5, 0.6) is 0 Å². The van der Waals surface area contributed by atoms with Gasteiger partial charge in [0.25, 0.3) is 5.91 Å². The van der Waals surface area contributed by atoms with Crippen molar-refractivity contribution in [3.63, 3.8) is 0 Å². The van der Waals surface area contributed by atoms with E-state index >= 15 is 0 Å². The topological polar surface area (TPSA) is 64.2 Å². The number of nitrogen functional groups attached to an aromatic ring is 1. The first-order valence-electron chi connectivity index (χ1n) is 7.29. The second-order valence-electron chi connectivity index (χ2n) is 5.43. The number of amides is 1. The van der Waals surface area contributed by atoms with E-state index in [9.17, 15) is 4.79 Å². The van der Waals surface area contributed by atoms with Crippen molar-refractivity contribution in [2.45, 2.75) is 26.3 Å². The number of aromatic nitrogens is 2. The number of aryl methyl sites for hydroxylation is 2. The van der Waals surface area contributed by atoms with E-state index in [1.807, 2.05) is 24.0 Å². The molecule has 0 bridgehead atoms. The number of fused-ring (bicyclic) bond motifs is 1. The molecule has 5 heteroatoms. The van der Waals surface area contributed by atoms with Crippen molar-refractivity contribution >= 4 is 11.6 Å². The highest BCUT2D eigenvalue weighted by atomic mass is 16.2. The lowest BCUT2D eigenvalue weighted by Crippen LogP contribution is -2.37. The van der Waals surface area contributed by atoms with Crippen molar-refractivity contribution in [2.24, 2.45) is 7.05 Å². The van der Waals surface area contributed by atoms with E-state index < -0.39 is 0 Å². The number of anilines is 1. The van der Waals surface area contributed by atoms with Crippen LogP contribution >= 0.6 is 0 Å². The molecule has 2 N–H and O–H groups in total. The van der Waals surface area contributed by atoms with Gasteiger partial charge in [-0.25, -0.2) is 0 Å². The second kappa shape index (κ2) is 5.24. The summed E-state index contributed by atoms with van der Waals surface area (Å²) >= 11 is 0. The molecule has 0 unspecified atom stereocenters. The number of nitrogens with zero attached hydrogens (tertiary/aromatic N) is 3. The monoisotopic (exact) mass is 284 g/mol. The lowest BCUT2D eigenvalue weighted by molar-refractivity contribution is 0.0724. The maximum absolute atomic E-state index is 12.8. The van der Waals surface area contributed by atoms with Gasteiger partial charge in [-0.15, -0.1) is 0 Å². The van der Waals surface area contributed by atoms with Gasteiger partial charge in [0, 0.05) is 20.1 Å². The summed E-state index contributed by atoms with van der Waals surface area (Å²) in [6.45, 7) is 3.35. The third kappa shape index (κ3) is 2.28. The molecule has 3 rings (SSSR count). The van der Waals surface area contributed by atoms with E-state index in [1.165, 1.54) is 11.1 Å². The number of rotatable bonds is 2. The van der Waals surface area contributed by atoms with E-state index in [0.29, 0.717) is 17.9 Å². The van der Waals surface area contributed by atoms with Crippen molar-refractivity contribution < 1.29 is 4.79 Å². The average molecular weight is 284 g/mol. The first kappa shape index (κ1) is 13.7. The molecule has 1 aromatic carbocycles. The average Bonchev–Trinajstić information content (AvgIpc) is 2.80. The quantitative estimate of drug-likeness (QED) is 0.914. The Bertz CT molecular complexity index is 690. The fourth-order valence-electron chi connectivity index (χ4n) is 2.93. The van der Waals surface area contributed by atoms with Gasteiger partial charge in [-0.2, -0.15) is 5.10 Å². The Kier molecular flexibility index (Phi) is 3.41. The third-order valence-corrected chi connectivity index (χ3v) is 4.12. The number of carbonyl (C=O) groups excluding carboxylic acids is 1. The van der Waals surface area contributed by atoms with Gasteiger partial charge in [-0.05, 0) is 24.0 Å². The third-order valence-electron chi connectivity index (χ3n) is 4.12. The molecule has 1 aliphatic rings. The van der Waals surface area contributed by atoms with Crippen LogP contribution in [0.15, 0.2) is 24.3 Å². The summed E-state index contributed by atoms with van der Waals surface area (Å²) in [6, 6.07) is 8.27. The largest absolute Gasteiger partial charge is 0.395 e. The van der Waals surface area contributed by atoms with Gasteiger partial charge in [-0.1, -0.05) is 31.2 Å². The molecule has 1 aliphatic heterocycles. The van der Waals surface area contributed by atoms with Gasteiger partial charge >= 0.3 is 0 Å². The molecule has 0 aliphatic carbocycles. The number of carbonyl (C=O) groups is 1. The maximum atomic E-state index is 12.8. The molecule has 0 spiro atoms. The van der Waals surface area contributed by atoms with Crippen LogP contribution in [0.2, 0.25) is 0 Å². The zero-order chi connectivity index (χ0) is 15.0. The fourth-order valence-corrected chi connectivity index (χ4v) is 2.93. The van der Waals surface area contributed by atoms with Crippen LogP contribution in [-0.2, 0) is 26.4 Å². The summed E-state index contributed by atoms with van der Waals surface area (Å²) in [4.78, 5) is 14.6. The van der Waals surface area contributed by atoms with Crippen LogP contribution in [0.4, 0.5) is 5.69 Å². The zero-order valence-electron chi connectivity index (χ0n) is 12.5. The van der Waals surface area contributed by atoms with Crippen molar-refractivity contribution in [3.05, 3.63) is 46.8 Å². The zero-order valence-corrected chi connectivity index (χ0v) is 12.5. The van der Waals surface area contributed by atoms with Crippen molar-refractivity contribution in [1.29, 1.82) is 0 Å². The molecular weight excluding hydrogens is 264 g/mol. The van der Waals surface area contributed by atoms with Crippen LogP contribution < -0.4 is 5.73 Å². The van der Waals surface area contributed by atoms with E-state index in [1.54, 1.807) is 11.7 Å². The van der Waals surface area contributed by atoms with Gasteiger partial charge in [0.1, 0.15) is 5.69 Å². The van der Waals surface area contributed by atoms with E-state index in [0.717, 1.165) is 25.1 Å². The normalized spacial score (nSPS) is 14.1. The van der Waals surface area contributed by atoms with Gasteiger partial charge < -0.3 is 10.6 Å². The van der Waals surface area contributed by atoms with Crippen molar-refractivity contribution in [2.75, 3.05) is 12.3 Å². The molecule has 0 saturated carbocycles. The summed E-state index contributed by atoms with van der Waals surface area (Å²) in [7, 11) is 1.78. The van der Waals surface area contributed by atoms with Gasteiger partial charge in [-0.3, -0.25) is 9.48 Å². The van der Waals surface area contributed by atoms with Crippen molar-refractivity contribution in [3.8, 4) is 0 Å². The highest BCUT2D eigenvalue weighted by Gasteiger charge is 2.26. The number of hydrogen-bond acceptors (Lipinski definition) is 3. The van der Waals surface area contributed by atoms with Crippen LogP contribution in [0.25, 0.3) is 0 Å². The van der Waals surface area contributed by atoms with Gasteiger partial charge in [0.15, 0.2) is 0 Å². The summed E-state index contributed by atoms with van der Waals surface area (Å²) in [5.74, 6) is -0.0308. The minimum atomic E-state index is -0.0308. The minimum absolute atomic E-state index is 0.0308. The molecule has 0 atom stereocenters. The van der Waals surface area contributed by atoms with Crippen LogP contribution in [0.3, 0.4) is 0 Å². The first-order chi connectivity index (χ1) is 10.1. The molecule has 1 amide bonds. The summed E-state index contributed by atoms with van der Waals surface area (Å²) in [5.41, 5.74) is 10.4. The van der Waals surface area contributed by atoms with Crippen molar-refractivity contribution in [1.82, 2.24) is 14.7 Å². The number of hydrogen-bond donors (Lipinski definition) is 1. The first-order valence-corrected chi connectivity index (χ1v) is 7.29. The van der Waals surface area contributed by atoms with E-state index in [2.05, 4.69) is 17.2 Å². The predicted molar refractivity (Wildman–Crippen MR) is 81.9 cm³/mol. The Labute approximate surface area is 124 Å². The lowest BCUT2D eigenvalue weighted by Gasteiger charge is -2.29. The molecule has 0 saturated heterocycles. The Morgan fingerprint density at radius 3 is 2.71 bits per heavy atom. The summed E-state index contributed by atoms with van der Waals surface area (Å²) < 4.78 is 1.61. The van der Waals surface area contributed by atoms with E-state index in [-0.39, 0.29) is 5.91 Å². The van der Waals surface area contributed by atoms with Gasteiger partial charge in [0.2, 0.25) is 0 Å². The Morgan fingerprint density at radius 1 is 1.33 bits per heavy atom. The molecule has 1 aromatic heterocycles. The molecule has 2 aromatic rings. The predicted octanol–water partition coefficient (Wildman–Crippen LogP) is 1.76. The second-order valence-corrected chi connectivity index (χ2v) is 5.43. The van der Waals surface area contributed by atoms with Crippen LogP contribution in [0.1, 0.15) is 34.2 Å². The molecule has 0 radical (unpaired) electrons. The number of benzene rings is 1. The van der Waals surface area contributed by atoms with Crippen LogP contribution in [0, 0.1) is 0 Å². The molecule has 5 nitrogen and oxygen atoms in total. The maximum Gasteiger partial charge on any atom is 0.274 e. The number of nitrogens with two attached hydrogens (primary N) is 1. The SMILES string of the molecule is CCc1nn(C)c(C(=O)N2CCc3ccccc3C2)c1N. The molecule has 21 heavy (non-hydrogen) atoms. The summed E-state index contributed by atoms with van der Waals surface area (Å²) in [5, 5.41) is 4.33. The smallest absolute Gasteiger partial charge is 0.274 e.